The Morgan fingerprint density at radius 3 is 2.80 bits per heavy atom. The van der Waals surface area contributed by atoms with Gasteiger partial charge in [-0.1, -0.05) is 6.08 Å². The van der Waals surface area contributed by atoms with Gasteiger partial charge in [-0.25, -0.2) is 0 Å². The molecule has 1 aromatic rings. The minimum atomic E-state index is 0.174. The minimum absolute atomic E-state index is 0.174. The van der Waals surface area contributed by atoms with E-state index >= 15 is 0 Å². The molecule has 0 saturated carbocycles. The Balaban J connectivity index is 2.68. The Hall–Kier alpha value is -1.39. The van der Waals surface area contributed by atoms with E-state index < -0.39 is 0 Å². The Labute approximate surface area is 122 Å². The molecule has 1 heterocycles. The van der Waals surface area contributed by atoms with E-state index in [4.69, 9.17) is 4.74 Å². The van der Waals surface area contributed by atoms with Crippen LogP contribution >= 0.6 is 0 Å². The number of likely N-dealkylation sites (N-methyl/N-ethyl adjacent to an activating group) is 1. The fourth-order valence-electron chi connectivity index (χ4n) is 2.38. The molecular formula is C16H26N2O2. The molecule has 0 fully saturated rings. The maximum atomic E-state index is 12.4. The molecule has 0 aliphatic rings. The Bertz CT molecular complexity index is 463. The second-order valence-electron chi connectivity index (χ2n) is 5.19. The number of ether oxygens (including phenoxy) is 1. The number of ketones is 1. The number of hydrogen-bond donors (Lipinski definition) is 0. The van der Waals surface area contributed by atoms with Crippen molar-refractivity contribution in [3.63, 3.8) is 0 Å². The molecule has 20 heavy (non-hydrogen) atoms. The van der Waals surface area contributed by atoms with Gasteiger partial charge in [-0.3, -0.25) is 9.69 Å². The van der Waals surface area contributed by atoms with Crippen LogP contribution in [0, 0.1) is 13.8 Å². The van der Waals surface area contributed by atoms with Crippen molar-refractivity contribution < 1.29 is 9.53 Å². The third-order valence-electron chi connectivity index (χ3n) is 3.49. The highest BCUT2D eigenvalue weighted by molar-refractivity contribution is 5.99. The molecule has 1 aromatic heterocycles. The van der Waals surface area contributed by atoms with Gasteiger partial charge in [-0.05, 0) is 33.4 Å². The number of aryl methyl sites for hydroxylation is 1. The second kappa shape index (κ2) is 8.02. The van der Waals surface area contributed by atoms with E-state index in [-0.39, 0.29) is 5.78 Å². The SMILES string of the molecule is C=CCn1c(C)cc(C(=O)CN(C)CCCOC)c1C. The molecule has 0 amide bonds. The number of nitrogens with zero attached hydrogens (tertiary/aromatic N) is 2. The van der Waals surface area contributed by atoms with Crippen molar-refractivity contribution in [3.8, 4) is 0 Å². The van der Waals surface area contributed by atoms with Gasteiger partial charge in [0.2, 0.25) is 0 Å². The van der Waals surface area contributed by atoms with Crippen LogP contribution in [0.5, 0.6) is 0 Å². The van der Waals surface area contributed by atoms with E-state index in [9.17, 15) is 4.79 Å². The van der Waals surface area contributed by atoms with E-state index in [2.05, 4.69) is 11.1 Å². The first-order valence-electron chi connectivity index (χ1n) is 6.99. The van der Waals surface area contributed by atoms with Gasteiger partial charge in [0.25, 0.3) is 0 Å². The Morgan fingerprint density at radius 2 is 2.20 bits per heavy atom. The summed E-state index contributed by atoms with van der Waals surface area (Å²) in [4.78, 5) is 14.4. The Morgan fingerprint density at radius 1 is 1.50 bits per heavy atom. The Kier molecular flexibility index (Phi) is 6.68. The molecule has 1 rings (SSSR count). The second-order valence-corrected chi connectivity index (χ2v) is 5.19. The number of rotatable bonds is 9. The molecule has 0 N–H and O–H groups in total. The first-order valence-corrected chi connectivity index (χ1v) is 6.99. The van der Waals surface area contributed by atoms with Gasteiger partial charge in [0, 0.05) is 43.8 Å². The van der Waals surface area contributed by atoms with Crippen LogP contribution in [0.3, 0.4) is 0 Å². The van der Waals surface area contributed by atoms with Crippen molar-refractivity contribution in [2.24, 2.45) is 0 Å². The van der Waals surface area contributed by atoms with E-state index in [0.717, 1.165) is 43.1 Å². The van der Waals surface area contributed by atoms with Gasteiger partial charge in [0.1, 0.15) is 0 Å². The lowest BCUT2D eigenvalue weighted by atomic mass is 10.1. The number of carbonyl (C=O) groups is 1. The van der Waals surface area contributed by atoms with Gasteiger partial charge in [0.15, 0.2) is 5.78 Å². The highest BCUT2D eigenvalue weighted by Gasteiger charge is 2.16. The quantitative estimate of drug-likeness (QED) is 0.395. The molecule has 4 nitrogen and oxygen atoms in total. The highest BCUT2D eigenvalue weighted by atomic mass is 16.5. The highest BCUT2D eigenvalue weighted by Crippen LogP contribution is 2.16. The van der Waals surface area contributed by atoms with Crippen molar-refractivity contribution >= 4 is 5.78 Å². The van der Waals surface area contributed by atoms with E-state index in [1.54, 1.807) is 7.11 Å². The van der Waals surface area contributed by atoms with Crippen molar-refractivity contribution in [1.82, 2.24) is 9.47 Å². The predicted molar refractivity (Wildman–Crippen MR) is 82.4 cm³/mol. The number of aromatic nitrogens is 1. The fraction of sp³-hybridized carbons (Fsp3) is 0.562. The standard InChI is InChI=1S/C16H26N2O2/c1-6-8-18-13(2)11-15(14(18)3)16(19)12-17(4)9-7-10-20-5/h6,11H,1,7-10,12H2,2-5H3. The summed E-state index contributed by atoms with van der Waals surface area (Å²) >= 11 is 0. The lowest BCUT2D eigenvalue weighted by Gasteiger charge is -2.15. The summed E-state index contributed by atoms with van der Waals surface area (Å²) in [5.41, 5.74) is 2.95. The maximum absolute atomic E-state index is 12.4. The molecular weight excluding hydrogens is 252 g/mol. The van der Waals surface area contributed by atoms with Gasteiger partial charge in [0.05, 0.1) is 6.54 Å². The average Bonchev–Trinajstić information content (AvgIpc) is 2.67. The molecule has 0 aliphatic heterocycles. The summed E-state index contributed by atoms with van der Waals surface area (Å²) < 4.78 is 7.14. The zero-order chi connectivity index (χ0) is 15.1. The lowest BCUT2D eigenvalue weighted by molar-refractivity contribution is 0.0938. The van der Waals surface area contributed by atoms with Crippen molar-refractivity contribution in [3.05, 3.63) is 35.7 Å². The monoisotopic (exact) mass is 278 g/mol. The zero-order valence-electron chi connectivity index (χ0n) is 13.1. The number of Topliss-reactive ketones (excluding diaryl/α,β-unsaturated/α-hetero) is 1. The molecule has 0 radical (unpaired) electrons. The van der Waals surface area contributed by atoms with E-state index in [0.29, 0.717) is 6.54 Å². The van der Waals surface area contributed by atoms with Crippen LogP contribution in [0.25, 0.3) is 0 Å². The molecule has 0 bridgehead atoms. The minimum Gasteiger partial charge on any atom is -0.385 e. The van der Waals surface area contributed by atoms with E-state index in [1.807, 2.05) is 37.9 Å². The molecule has 4 heteroatoms. The van der Waals surface area contributed by atoms with Crippen molar-refractivity contribution in [2.45, 2.75) is 26.8 Å². The van der Waals surface area contributed by atoms with Crippen LogP contribution in [-0.4, -0.2) is 49.1 Å². The summed E-state index contributed by atoms with van der Waals surface area (Å²) in [6.07, 6.45) is 2.79. The first-order chi connectivity index (χ1) is 9.51. The van der Waals surface area contributed by atoms with Crippen LogP contribution in [0.2, 0.25) is 0 Å². The lowest BCUT2D eigenvalue weighted by Crippen LogP contribution is -2.27. The van der Waals surface area contributed by atoms with Crippen LogP contribution in [0.4, 0.5) is 0 Å². The molecule has 0 saturated heterocycles. The van der Waals surface area contributed by atoms with Gasteiger partial charge < -0.3 is 9.30 Å². The summed E-state index contributed by atoms with van der Waals surface area (Å²) in [7, 11) is 3.66. The molecule has 0 atom stereocenters. The van der Waals surface area contributed by atoms with E-state index in [1.165, 1.54) is 0 Å². The molecule has 0 aromatic carbocycles. The molecule has 0 unspecified atom stereocenters. The normalized spacial score (nSPS) is 11.1. The molecule has 112 valence electrons. The third kappa shape index (κ3) is 4.32. The topological polar surface area (TPSA) is 34.5 Å². The fourth-order valence-corrected chi connectivity index (χ4v) is 2.38. The van der Waals surface area contributed by atoms with Gasteiger partial charge >= 0.3 is 0 Å². The van der Waals surface area contributed by atoms with Crippen molar-refractivity contribution in [1.29, 1.82) is 0 Å². The summed E-state index contributed by atoms with van der Waals surface area (Å²) in [6, 6.07) is 1.98. The number of carbonyl (C=O) groups excluding carboxylic acids is 1. The summed E-state index contributed by atoms with van der Waals surface area (Å²) in [6.45, 7) is 10.6. The maximum Gasteiger partial charge on any atom is 0.178 e. The first kappa shape index (κ1) is 16.7. The number of methoxy groups -OCH3 is 1. The van der Waals surface area contributed by atoms with Gasteiger partial charge in [-0.15, -0.1) is 6.58 Å². The smallest absolute Gasteiger partial charge is 0.178 e. The number of allylic oxidation sites excluding steroid dienone is 1. The number of hydrogen-bond acceptors (Lipinski definition) is 3. The third-order valence-corrected chi connectivity index (χ3v) is 3.49. The molecule has 0 spiro atoms. The molecule has 0 aliphatic carbocycles. The average molecular weight is 278 g/mol. The van der Waals surface area contributed by atoms with Gasteiger partial charge in [-0.2, -0.15) is 0 Å². The van der Waals surface area contributed by atoms with Crippen molar-refractivity contribution in [2.75, 3.05) is 33.9 Å². The summed E-state index contributed by atoms with van der Waals surface area (Å²) in [5, 5.41) is 0. The zero-order valence-corrected chi connectivity index (χ0v) is 13.1. The van der Waals surface area contributed by atoms with Crippen LogP contribution in [0.1, 0.15) is 28.2 Å². The van der Waals surface area contributed by atoms with Crippen LogP contribution in [-0.2, 0) is 11.3 Å². The van der Waals surface area contributed by atoms with Crippen LogP contribution < -0.4 is 0 Å². The summed E-state index contributed by atoms with van der Waals surface area (Å²) in [5.74, 6) is 0.174. The predicted octanol–water partition coefficient (Wildman–Crippen LogP) is 2.44. The largest absolute Gasteiger partial charge is 0.385 e. The van der Waals surface area contributed by atoms with Crippen LogP contribution in [0.15, 0.2) is 18.7 Å².